The fourth-order valence-corrected chi connectivity index (χ4v) is 9.97. The van der Waals surface area contributed by atoms with Gasteiger partial charge >= 0.3 is 19.8 Å². The number of hydrogen-bond donors (Lipinski definition) is 1. The van der Waals surface area contributed by atoms with Gasteiger partial charge in [0.1, 0.15) is 19.8 Å². The Morgan fingerprint density at radius 3 is 1.06 bits per heavy atom. The SMILES string of the molecule is CC/C=C\C/C=C\C/C=C\C/C=C\C/C=C\C/C=C\C/C=C\CCCCCCCCCCCCCCCCCCCCCC(=O)OC(COC(=O)CCCCCCC/C=C\CCCCCCCCC)COP(=O)(O)OCC[N+](C)(C)C. The van der Waals surface area contributed by atoms with Crippen LogP contribution in [0, 0.1) is 0 Å². The third kappa shape index (κ3) is 65.9. The molecule has 0 aromatic heterocycles. The van der Waals surface area contributed by atoms with Gasteiger partial charge in [-0.25, -0.2) is 4.57 Å². The molecule has 0 aromatic rings. The van der Waals surface area contributed by atoms with E-state index in [1.54, 1.807) is 0 Å². The zero-order chi connectivity index (χ0) is 59.1. The maximum absolute atomic E-state index is 12.8. The fraction of sp³-hybridized carbons (Fsp3) is 0.746. The van der Waals surface area contributed by atoms with Gasteiger partial charge in [-0.1, -0.05) is 278 Å². The van der Waals surface area contributed by atoms with Crippen LogP contribution >= 0.6 is 7.82 Å². The number of rotatable bonds is 61. The van der Waals surface area contributed by atoms with Crippen molar-refractivity contribution in [3.8, 4) is 0 Å². The van der Waals surface area contributed by atoms with Crippen LogP contribution in [0.2, 0.25) is 0 Å². The number of esters is 2. The lowest BCUT2D eigenvalue weighted by Gasteiger charge is -2.24. The highest BCUT2D eigenvalue weighted by molar-refractivity contribution is 7.47. The topological polar surface area (TPSA) is 108 Å². The molecule has 0 aliphatic rings. The van der Waals surface area contributed by atoms with Crippen LogP contribution in [0.3, 0.4) is 0 Å². The minimum Gasteiger partial charge on any atom is -0.462 e. The molecule has 2 unspecified atom stereocenters. The number of carbonyl (C=O) groups is 2. The lowest BCUT2D eigenvalue weighted by atomic mass is 10.0. The van der Waals surface area contributed by atoms with Gasteiger partial charge in [0.05, 0.1) is 27.7 Å². The number of carbonyl (C=O) groups excluding carboxylic acids is 2. The number of phosphoric ester groups is 1. The highest BCUT2D eigenvalue weighted by Crippen LogP contribution is 2.43. The summed E-state index contributed by atoms with van der Waals surface area (Å²) >= 11 is 0. The summed E-state index contributed by atoms with van der Waals surface area (Å²) in [4.78, 5) is 35.7. The molecule has 468 valence electrons. The molecule has 0 aromatic carbocycles. The summed E-state index contributed by atoms with van der Waals surface area (Å²) in [7, 11) is 1.48. The standard InChI is InChI=1S/C71H126NO8P/c1-6-8-10-12-14-16-18-20-22-24-25-26-27-28-29-30-31-32-33-34-35-36-37-38-39-40-41-42-43-44-45-46-47-48-50-52-54-56-58-60-62-64-71(74)80-69(68-79-81(75,76)78-66-65-72(3,4)5)67-77-70(73)63-61-59-57-55-53-51-49-23-21-19-17-15-13-11-9-7-2/h8,10,14,16,20,22-23,25-26,28-29,31-32,34-35,49,69H,6-7,9,11-13,15,17-19,21,24,27,30,33,36-48,50-68H2,1-5H3/p+1/b10-8-,16-14-,22-20-,26-25-,29-28-,32-31-,35-34-,49-23-. The van der Waals surface area contributed by atoms with Crippen LogP contribution in [0.25, 0.3) is 0 Å². The monoisotopic (exact) mass is 1150 g/mol. The molecule has 2 atom stereocenters. The molecule has 0 aliphatic carbocycles. The lowest BCUT2D eigenvalue weighted by Crippen LogP contribution is -2.37. The second-order valence-electron chi connectivity index (χ2n) is 23.5. The van der Waals surface area contributed by atoms with Crippen molar-refractivity contribution in [3.63, 3.8) is 0 Å². The molecule has 0 aliphatic heterocycles. The van der Waals surface area contributed by atoms with E-state index in [4.69, 9.17) is 18.5 Å². The van der Waals surface area contributed by atoms with Gasteiger partial charge in [0.15, 0.2) is 6.10 Å². The van der Waals surface area contributed by atoms with Gasteiger partial charge < -0.3 is 18.9 Å². The van der Waals surface area contributed by atoms with Crippen LogP contribution in [0.4, 0.5) is 0 Å². The Bertz CT molecular complexity index is 1690. The summed E-state index contributed by atoms with van der Waals surface area (Å²) in [6.07, 6.45) is 85.1. The Hall–Kier alpha value is -3.07. The summed E-state index contributed by atoms with van der Waals surface area (Å²) in [5, 5.41) is 0. The van der Waals surface area contributed by atoms with Gasteiger partial charge in [-0.3, -0.25) is 18.6 Å². The average molecular weight is 1150 g/mol. The average Bonchev–Trinajstić information content (AvgIpc) is 3.43. The van der Waals surface area contributed by atoms with Crippen molar-refractivity contribution in [1.82, 2.24) is 0 Å². The zero-order valence-corrected chi connectivity index (χ0v) is 54.1. The van der Waals surface area contributed by atoms with E-state index in [0.717, 1.165) is 96.3 Å². The molecule has 9 nitrogen and oxygen atoms in total. The van der Waals surface area contributed by atoms with E-state index in [0.29, 0.717) is 17.4 Å². The van der Waals surface area contributed by atoms with Gasteiger partial charge in [0.25, 0.3) is 0 Å². The van der Waals surface area contributed by atoms with Crippen LogP contribution in [0.5, 0.6) is 0 Å². The van der Waals surface area contributed by atoms with Crippen molar-refractivity contribution in [1.29, 1.82) is 0 Å². The number of unbranched alkanes of at least 4 members (excludes halogenated alkanes) is 31. The Morgan fingerprint density at radius 2 is 0.704 bits per heavy atom. The Labute approximate surface area is 500 Å². The first kappa shape index (κ1) is 77.9. The van der Waals surface area contributed by atoms with Crippen LogP contribution in [-0.4, -0.2) is 74.9 Å². The second-order valence-corrected chi connectivity index (χ2v) is 24.9. The van der Waals surface area contributed by atoms with Crippen molar-refractivity contribution in [3.05, 3.63) is 97.2 Å². The molecule has 0 amide bonds. The summed E-state index contributed by atoms with van der Waals surface area (Å²) in [5.41, 5.74) is 0. The van der Waals surface area contributed by atoms with E-state index in [2.05, 4.69) is 111 Å². The van der Waals surface area contributed by atoms with Gasteiger partial charge in [-0.2, -0.15) is 0 Å². The third-order valence-corrected chi connectivity index (χ3v) is 15.3. The van der Waals surface area contributed by atoms with E-state index < -0.39 is 26.5 Å². The van der Waals surface area contributed by atoms with Gasteiger partial charge in [-0.05, 0) is 96.3 Å². The maximum Gasteiger partial charge on any atom is 0.472 e. The molecule has 10 heteroatoms. The largest absolute Gasteiger partial charge is 0.472 e. The first-order chi connectivity index (χ1) is 39.5. The van der Waals surface area contributed by atoms with Crippen LogP contribution in [-0.2, 0) is 32.7 Å². The summed E-state index contributed by atoms with van der Waals surface area (Å²) in [6, 6.07) is 0. The molecule has 0 spiro atoms. The molecule has 0 rings (SSSR count). The minimum absolute atomic E-state index is 0.0294. The number of allylic oxidation sites excluding steroid dienone is 16. The van der Waals surface area contributed by atoms with Crippen LogP contribution < -0.4 is 0 Å². The zero-order valence-electron chi connectivity index (χ0n) is 53.2. The van der Waals surface area contributed by atoms with E-state index >= 15 is 0 Å². The molecule has 81 heavy (non-hydrogen) atoms. The smallest absolute Gasteiger partial charge is 0.462 e. The highest BCUT2D eigenvalue weighted by atomic mass is 31.2. The number of quaternary nitrogens is 1. The molecular weight excluding hydrogens is 1030 g/mol. The van der Waals surface area contributed by atoms with E-state index in [9.17, 15) is 19.0 Å². The number of ether oxygens (including phenoxy) is 2. The molecular formula is C71H127NO8P+. The van der Waals surface area contributed by atoms with Crippen LogP contribution in [0.15, 0.2) is 97.2 Å². The number of hydrogen-bond acceptors (Lipinski definition) is 7. The fourth-order valence-electron chi connectivity index (χ4n) is 9.23. The van der Waals surface area contributed by atoms with Crippen molar-refractivity contribution in [2.45, 2.75) is 296 Å². The summed E-state index contributed by atoms with van der Waals surface area (Å²) in [5.74, 6) is -0.799. The molecule has 1 N–H and O–H groups in total. The summed E-state index contributed by atoms with van der Waals surface area (Å²) in [6.45, 7) is 4.33. The molecule has 0 heterocycles. The molecule has 0 radical (unpaired) electrons. The molecule has 0 saturated carbocycles. The quantitative estimate of drug-likeness (QED) is 0.0211. The van der Waals surface area contributed by atoms with E-state index in [1.165, 1.54) is 161 Å². The van der Waals surface area contributed by atoms with E-state index in [1.807, 2.05) is 21.1 Å². The molecule has 0 saturated heterocycles. The predicted molar refractivity (Wildman–Crippen MR) is 348 cm³/mol. The van der Waals surface area contributed by atoms with Crippen molar-refractivity contribution in [2.75, 3.05) is 47.5 Å². The number of phosphoric acid groups is 1. The molecule has 0 fully saturated rings. The lowest BCUT2D eigenvalue weighted by molar-refractivity contribution is -0.870. The van der Waals surface area contributed by atoms with Gasteiger partial charge in [0.2, 0.25) is 0 Å². The minimum atomic E-state index is -4.39. The van der Waals surface area contributed by atoms with Crippen molar-refractivity contribution in [2.24, 2.45) is 0 Å². The van der Waals surface area contributed by atoms with Crippen molar-refractivity contribution >= 4 is 19.8 Å². The second kappa shape index (κ2) is 61.5. The summed E-state index contributed by atoms with van der Waals surface area (Å²) < 4.78 is 34.6. The van der Waals surface area contributed by atoms with Gasteiger partial charge in [0, 0.05) is 12.8 Å². The molecule has 0 bridgehead atoms. The maximum atomic E-state index is 12.8. The predicted octanol–water partition coefficient (Wildman–Crippen LogP) is 21.5. The number of nitrogens with zero attached hydrogens (tertiary/aromatic N) is 1. The third-order valence-electron chi connectivity index (χ3n) is 14.3. The highest BCUT2D eigenvalue weighted by Gasteiger charge is 2.27. The Kier molecular flexibility index (Phi) is 59.2. The van der Waals surface area contributed by atoms with Crippen molar-refractivity contribution < 1.29 is 42.1 Å². The first-order valence-electron chi connectivity index (χ1n) is 33.5. The normalized spacial score (nSPS) is 13.8. The Morgan fingerprint density at radius 1 is 0.395 bits per heavy atom. The number of likely N-dealkylation sites (N-methyl/N-ethyl adjacent to an activating group) is 1. The first-order valence-corrected chi connectivity index (χ1v) is 35.0. The van der Waals surface area contributed by atoms with Crippen LogP contribution in [0.1, 0.15) is 290 Å². The van der Waals surface area contributed by atoms with E-state index in [-0.39, 0.29) is 32.0 Å². The Balaban J connectivity index is 3.96. The van der Waals surface area contributed by atoms with Gasteiger partial charge in [-0.15, -0.1) is 0 Å².